The molecule has 3 amide bonds. The van der Waals surface area contributed by atoms with Crippen LogP contribution in [0.4, 0.5) is 20.6 Å². The van der Waals surface area contributed by atoms with Gasteiger partial charge in [-0.1, -0.05) is 0 Å². The van der Waals surface area contributed by atoms with E-state index in [9.17, 15) is 28.7 Å². The lowest BCUT2D eigenvalue weighted by Gasteiger charge is -2.34. The SMILES string of the molecule is N=C(N)c1ccc(NC(=O)[C@H](O)[C@H]2OCCN(c3cc(F)cc(C(=O)N4CCC[C@@H]4OC(=O)O)c3)C2=O)cc1. The second kappa shape index (κ2) is 11.4. The first-order valence-corrected chi connectivity index (χ1v) is 11.9. The first kappa shape index (κ1) is 27.5. The zero-order valence-corrected chi connectivity index (χ0v) is 20.5. The Labute approximate surface area is 221 Å². The molecule has 0 spiro atoms. The minimum Gasteiger partial charge on any atom is -0.450 e. The maximum atomic E-state index is 14.6. The van der Waals surface area contributed by atoms with Gasteiger partial charge < -0.3 is 40.5 Å². The van der Waals surface area contributed by atoms with E-state index in [0.717, 1.165) is 17.0 Å². The number of nitrogens with one attached hydrogen (secondary N) is 2. The molecule has 2 fully saturated rings. The van der Waals surface area contributed by atoms with Crippen molar-refractivity contribution in [3.05, 3.63) is 59.4 Å². The van der Waals surface area contributed by atoms with Crippen LogP contribution in [-0.4, -0.2) is 83.0 Å². The molecule has 2 aromatic rings. The summed E-state index contributed by atoms with van der Waals surface area (Å²) in [5, 5.41) is 29.4. The van der Waals surface area contributed by atoms with Crippen molar-refractivity contribution in [1.82, 2.24) is 4.90 Å². The molecule has 2 aliphatic heterocycles. The Kier molecular flexibility index (Phi) is 8.07. The third kappa shape index (κ3) is 6.13. The Morgan fingerprint density at radius 1 is 1.15 bits per heavy atom. The number of halogens is 1. The second-order valence-electron chi connectivity index (χ2n) is 8.88. The Bertz CT molecular complexity index is 1300. The number of anilines is 2. The van der Waals surface area contributed by atoms with Crippen LogP contribution in [-0.2, 0) is 19.1 Å². The number of nitrogen functional groups attached to an aromatic ring is 1. The largest absolute Gasteiger partial charge is 0.507 e. The summed E-state index contributed by atoms with van der Waals surface area (Å²) in [6.45, 7) is 0.0796. The van der Waals surface area contributed by atoms with Gasteiger partial charge in [0.15, 0.2) is 18.4 Å². The van der Waals surface area contributed by atoms with Crippen LogP contribution in [0.3, 0.4) is 0 Å². The summed E-state index contributed by atoms with van der Waals surface area (Å²) in [4.78, 5) is 52.1. The highest BCUT2D eigenvalue weighted by Gasteiger charge is 2.40. The number of morpholine rings is 1. The summed E-state index contributed by atoms with van der Waals surface area (Å²) >= 11 is 0. The van der Waals surface area contributed by atoms with Gasteiger partial charge in [0.2, 0.25) is 0 Å². The summed E-state index contributed by atoms with van der Waals surface area (Å²) in [6.07, 6.45) is -5.28. The number of amidine groups is 1. The van der Waals surface area contributed by atoms with Crippen molar-refractivity contribution in [3.8, 4) is 0 Å². The quantitative estimate of drug-likeness (QED) is 0.193. The number of hydrogen-bond donors (Lipinski definition) is 5. The standard InChI is InChI=1S/C25H26FN5O8/c26-15-10-14(23(34)31-7-1-2-18(31)39-25(36)37)11-17(12-15)30-8-9-38-20(24(30)35)19(32)22(33)29-16-5-3-13(4-6-16)21(27)28/h3-6,10-12,18-20,32H,1-2,7-9H2,(H3,27,28)(H,29,33)(H,36,37)/t18-,19+,20+/m0/s1. The first-order valence-electron chi connectivity index (χ1n) is 11.9. The Balaban J connectivity index is 1.49. The predicted octanol–water partition coefficient (Wildman–Crippen LogP) is 1.10. The van der Waals surface area contributed by atoms with Crippen molar-refractivity contribution in [2.45, 2.75) is 31.3 Å². The van der Waals surface area contributed by atoms with Crippen LogP contribution in [0.15, 0.2) is 42.5 Å². The van der Waals surface area contributed by atoms with Crippen LogP contribution in [0, 0.1) is 11.2 Å². The number of amides is 3. The van der Waals surface area contributed by atoms with Gasteiger partial charge in [0, 0.05) is 42.0 Å². The van der Waals surface area contributed by atoms with Crippen LogP contribution in [0.5, 0.6) is 0 Å². The number of carbonyl (C=O) groups is 4. The van der Waals surface area contributed by atoms with Crippen molar-refractivity contribution in [1.29, 1.82) is 5.41 Å². The van der Waals surface area contributed by atoms with Crippen LogP contribution in [0.25, 0.3) is 0 Å². The van der Waals surface area contributed by atoms with Crippen molar-refractivity contribution in [2.75, 3.05) is 29.9 Å². The number of aliphatic hydroxyl groups is 1. The van der Waals surface area contributed by atoms with Gasteiger partial charge in [-0.15, -0.1) is 0 Å². The Morgan fingerprint density at radius 3 is 2.54 bits per heavy atom. The number of hydrogen-bond acceptors (Lipinski definition) is 8. The lowest BCUT2D eigenvalue weighted by Crippen LogP contribution is -2.55. The van der Waals surface area contributed by atoms with E-state index >= 15 is 0 Å². The molecular weight excluding hydrogens is 517 g/mol. The highest BCUT2D eigenvalue weighted by Crippen LogP contribution is 2.27. The van der Waals surface area contributed by atoms with Gasteiger partial charge in [-0.2, -0.15) is 0 Å². The fourth-order valence-corrected chi connectivity index (χ4v) is 4.40. The molecule has 4 rings (SSSR count). The molecule has 39 heavy (non-hydrogen) atoms. The summed E-state index contributed by atoms with van der Waals surface area (Å²) in [5.41, 5.74) is 5.98. The zero-order chi connectivity index (χ0) is 28.3. The van der Waals surface area contributed by atoms with Crippen LogP contribution < -0.4 is 16.0 Å². The smallest absolute Gasteiger partial charge is 0.450 e. The third-order valence-corrected chi connectivity index (χ3v) is 6.28. The monoisotopic (exact) mass is 543 g/mol. The number of carboxylic acid groups (broad SMARTS) is 1. The van der Waals surface area contributed by atoms with Gasteiger partial charge in [-0.05, 0) is 48.9 Å². The van der Waals surface area contributed by atoms with Gasteiger partial charge in [-0.25, -0.2) is 9.18 Å². The average molecular weight is 544 g/mol. The topological polar surface area (TPSA) is 196 Å². The van der Waals surface area contributed by atoms with E-state index in [4.69, 9.17) is 25.7 Å². The van der Waals surface area contributed by atoms with E-state index in [1.807, 2.05) is 0 Å². The third-order valence-electron chi connectivity index (χ3n) is 6.28. The molecule has 0 aliphatic carbocycles. The van der Waals surface area contributed by atoms with Gasteiger partial charge in [0.05, 0.1) is 6.61 Å². The van der Waals surface area contributed by atoms with Crippen LogP contribution in [0.2, 0.25) is 0 Å². The van der Waals surface area contributed by atoms with Gasteiger partial charge >= 0.3 is 6.16 Å². The summed E-state index contributed by atoms with van der Waals surface area (Å²) in [5.74, 6) is -3.42. The summed E-state index contributed by atoms with van der Waals surface area (Å²) in [7, 11) is 0. The molecule has 2 saturated heterocycles. The molecule has 0 bridgehead atoms. The summed E-state index contributed by atoms with van der Waals surface area (Å²) < 4.78 is 24.7. The maximum absolute atomic E-state index is 14.6. The van der Waals surface area contributed by atoms with Gasteiger partial charge in [0.1, 0.15) is 11.7 Å². The molecule has 2 aliphatic rings. The van der Waals surface area contributed by atoms with E-state index in [1.54, 1.807) is 0 Å². The fourth-order valence-electron chi connectivity index (χ4n) is 4.40. The van der Waals surface area contributed by atoms with Crippen LogP contribution in [0.1, 0.15) is 28.8 Å². The van der Waals surface area contributed by atoms with Gasteiger partial charge in [-0.3, -0.25) is 19.8 Å². The number of rotatable bonds is 7. The first-order chi connectivity index (χ1) is 18.5. The number of likely N-dealkylation sites (tertiary alicyclic amines) is 1. The molecule has 2 aromatic carbocycles. The number of nitrogens with two attached hydrogens (primary N) is 1. The van der Waals surface area contributed by atoms with E-state index in [-0.39, 0.29) is 42.5 Å². The normalized spacial score (nSPS) is 19.9. The number of nitrogens with zero attached hydrogens (tertiary/aromatic N) is 2. The van der Waals surface area contributed by atoms with Crippen molar-refractivity contribution in [2.24, 2.45) is 5.73 Å². The summed E-state index contributed by atoms with van der Waals surface area (Å²) in [6, 6.07) is 9.18. The molecule has 13 nitrogen and oxygen atoms in total. The van der Waals surface area contributed by atoms with E-state index in [0.29, 0.717) is 18.4 Å². The molecule has 3 atom stereocenters. The van der Waals surface area contributed by atoms with Crippen molar-refractivity contribution < 1.29 is 43.3 Å². The minimum absolute atomic E-state index is 0.000945. The predicted molar refractivity (Wildman–Crippen MR) is 134 cm³/mol. The number of carbonyl (C=O) groups excluding carboxylic acids is 3. The molecule has 0 radical (unpaired) electrons. The molecule has 6 N–H and O–H groups in total. The minimum atomic E-state index is -1.92. The molecular formula is C25H26FN5O8. The zero-order valence-electron chi connectivity index (χ0n) is 20.5. The molecule has 2 heterocycles. The molecule has 0 aromatic heterocycles. The lowest BCUT2D eigenvalue weighted by molar-refractivity contribution is -0.150. The van der Waals surface area contributed by atoms with E-state index < -0.39 is 48.1 Å². The average Bonchev–Trinajstić information content (AvgIpc) is 3.35. The Hall–Kier alpha value is -4.56. The molecule has 14 heteroatoms. The number of benzene rings is 2. The second-order valence-corrected chi connectivity index (χ2v) is 8.88. The number of ether oxygens (including phenoxy) is 2. The van der Waals surface area contributed by atoms with Crippen LogP contribution >= 0.6 is 0 Å². The molecule has 0 unspecified atom stereocenters. The Morgan fingerprint density at radius 2 is 1.87 bits per heavy atom. The van der Waals surface area contributed by atoms with E-state index in [1.165, 1.54) is 35.2 Å². The molecule has 206 valence electrons. The highest BCUT2D eigenvalue weighted by atomic mass is 19.1. The molecule has 0 saturated carbocycles. The fraction of sp³-hybridized carbons (Fsp3) is 0.320. The maximum Gasteiger partial charge on any atom is 0.507 e. The number of aliphatic hydroxyl groups excluding tert-OH is 1. The van der Waals surface area contributed by atoms with Gasteiger partial charge in [0.25, 0.3) is 17.7 Å². The highest BCUT2D eigenvalue weighted by molar-refractivity contribution is 6.05. The lowest BCUT2D eigenvalue weighted by atomic mass is 10.1. The van der Waals surface area contributed by atoms with E-state index in [2.05, 4.69) is 5.32 Å². The van der Waals surface area contributed by atoms with Crippen molar-refractivity contribution >= 4 is 41.1 Å². The van der Waals surface area contributed by atoms with Crippen molar-refractivity contribution in [3.63, 3.8) is 0 Å².